The molecule has 1 aromatic carbocycles. The van der Waals surface area contributed by atoms with Gasteiger partial charge in [-0.1, -0.05) is 23.7 Å². The van der Waals surface area contributed by atoms with E-state index in [9.17, 15) is 33.8 Å². The summed E-state index contributed by atoms with van der Waals surface area (Å²) in [4.78, 5) is 51.7. The molecule has 2 unspecified atom stereocenters. The standard InChI is InChI=1S/C17H21ClN2O12P2/c18-11-3-1-10(2-4-11)5-7-19-13(21)6-8-20(17(19)24)16-15(23)14(22)12(31-16)9-30-34(28,29)32-33(25,26)27/h1-4,6,8,12,14-16,22-23H,5,7,9H2,(H,28,29)(H2,25,26,27)/t12-,14+,15?,16-/m1/s1. The van der Waals surface area contributed by atoms with Crippen molar-refractivity contribution in [1.82, 2.24) is 9.13 Å². The summed E-state index contributed by atoms with van der Waals surface area (Å²) in [6.45, 7) is -0.932. The molecule has 0 aliphatic carbocycles. The Morgan fingerprint density at radius 1 is 1.03 bits per heavy atom. The summed E-state index contributed by atoms with van der Waals surface area (Å²) in [5.74, 6) is 0. The van der Waals surface area contributed by atoms with Crippen LogP contribution < -0.4 is 11.2 Å². The first-order valence-electron chi connectivity index (χ1n) is 9.60. The normalized spacial score (nSPS) is 24.8. The van der Waals surface area contributed by atoms with Gasteiger partial charge in [-0.05, 0) is 24.1 Å². The number of hydrogen-bond acceptors (Lipinski definition) is 9. The maximum Gasteiger partial charge on any atom is 0.481 e. The highest BCUT2D eigenvalue weighted by atomic mass is 35.5. The number of benzene rings is 1. The first-order chi connectivity index (χ1) is 15.8. The number of halogens is 1. The van der Waals surface area contributed by atoms with Gasteiger partial charge in [0.05, 0.1) is 6.61 Å². The van der Waals surface area contributed by atoms with E-state index in [0.717, 1.165) is 27.0 Å². The minimum atomic E-state index is -5.36. The van der Waals surface area contributed by atoms with Crippen LogP contribution in [0.2, 0.25) is 5.02 Å². The summed E-state index contributed by atoms with van der Waals surface area (Å²) < 4.78 is 37.5. The second-order valence-corrected chi connectivity index (χ2v) is 10.5. The fraction of sp³-hybridized carbons (Fsp3) is 0.412. The number of aliphatic hydroxyl groups excluding tert-OH is 2. The van der Waals surface area contributed by atoms with Crippen LogP contribution in [0.4, 0.5) is 0 Å². The molecule has 1 aliphatic rings. The minimum absolute atomic E-state index is 0.00848. The molecule has 0 radical (unpaired) electrons. The highest BCUT2D eigenvalue weighted by Gasteiger charge is 2.45. The van der Waals surface area contributed by atoms with E-state index in [1.54, 1.807) is 24.3 Å². The molecule has 0 saturated carbocycles. The zero-order valence-corrected chi connectivity index (χ0v) is 19.7. The number of rotatable bonds is 9. The Bertz CT molecular complexity index is 1230. The lowest BCUT2D eigenvalue weighted by Crippen LogP contribution is -2.43. The quantitative estimate of drug-likeness (QED) is 0.260. The highest BCUT2D eigenvalue weighted by molar-refractivity contribution is 7.60. The lowest BCUT2D eigenvalue weighted by molar-refractivity contribution is -0.0548. The van der Waals surface area contributed by atoms with Crippen LogP contribution in [0.15, 0.2) is 46.1 Å². The number of phosphoric acid groups is 2. The van der Waals surface area contributed by atoms with E-state index in [-0.39, 0.29) is 6.54 Å². The van der Waals surface area contributed by atoms with E-state index in [1.165, 1.54) is 0 Å². The fourth-order valence-corrected chi connectivity index (χ4v) is 4.97. The van der Waals surface area contributed by atoms with Gasteiger partial charge in [-0.2, -0.15) is 4.31 Å². The first-order valence-corrected chi connectivity index (χ1v) is 13.0. The van der Waals surface area contributed by atoms with Crippen molar-refractivity contribution in [2.45, 2.75) is 37.5 Å². The van der Waals surface area contributed by atoms with Gasteiger partial charge < -0.3 is 29.6 Å². The highest BCUT2D eigenvalue weighted by Crippen LogP contribution is 2.57. The third-order valence-electron chi connectivity index (χ3n) is 4.86. The molecule has 0 amide bonds. The van der Waals surface area contributed by atoms with Gasteiger partial charge in [0.15, 0.2) is 6.23 Å². The van der Waals surface area contributed by atoms with Crippen molar-refractivity contribution < 1.29 is 47.6 Å². The summed E-state index contributed by atoms with van der Waals surface area (Å²) >= 11 is 5.84. The maximum absolute atomic E-state index is 12.9. The average Bonchev–Trinajstić information content (AvgIpc) is 3.00. The summed E-state index contributed by atoms with van der Waals surface area (Å²) in [6.07, 6.45) is -5.05. The molecule has 0 bridgehead atoms. The second-order valence-electron chi connectivity index (χ2n) is 7.25. The molecule has 14 nitrogen and oxygen atoms in total. The Morgan fingerprint density at radius 3 is 2.29 bits per heavy atom. The van der Waals surface area contributed by atoms with Crippen LogP contribution in [-0.2, 0) is 35.7 Å². The zero-order chi connectivity index (χ0) is 25.3. The molecule has 17 heteroatoms. The number of phosphoric ester groups is 1. The average molecular weight is 543 g/mol. The maximum atomic E-state index is 12.9. The fourth-order valence-electron chi connectivity index (χ4n) is 3.25. The number of nitrogens with zero attached hydrogens (tertiary/aromatic N) is 2. The third-order valence-corrected chi connectivity index (χ3v) is 7.26. The van der Waals surface area contributed by atoms with E-state index in [0.29, 0.717) is 11.4 Å². The van der Waals surface area contributed by atoms with Gasteiger partial charge in [-0.3, -0.25) is 18.5 Å². The van der Waals surface area contributed by atoms with Crippen LogP contribution in [0.3, 0.4) is 0 Å². The van der Waals surface area contributed by atoms with Crippen LogP contribution in [0.5, 0.6) is 0 Å². The van der Waals surface area contributed by atoms with Gasteiger partial charge in [0.1, 0.15) is 18.3 Å². The van der Waals surface area contributed by atoms with Gasteiger partial charge in [0, 0.05) is 23.8 Å². The predicted molar refractivity (Wildman–Crippen MR) is 115 cm³/mol. The first kappa shape index (κ1) is 26.9. The molecule has 1 aliphatic heterocycles. The second kappa shape index (κ2) is 10.5. The largest absolute Gasteiger partial charge is 0.481 e. The molecule has 188 valence electrons. The Balaban J connectivity index is 1.75. The Labute approximate surface area is 196 Å². The van der Waals surface area contributed by atoms with Crippen molar-refractivity contribution in [3.8, 4) is 0 Å². The summed E-state index contributed by atoms with van der Waals surface area (Å²) in [7, 11) is -10.6. The Morgan fingerprint density at radius 2 is 1.68 bits per heavy atom. The predicted octanol–water partition coefficient (Wildman–Crippen LogP) is -0.248. The molecule has 5 atom stereocenters. The van der Waals surface area contributed by atoms with Gasteiger partial charge >= 0.3 is 21.3 Å². The molecule has 0 spiro atoms. The number of ether oxygens (including phenoxy) is 1. The number of aryl methyl sites for hydroxylation is 1. The molecule has 2 heterocycles. The molecule has 2 aromatic rings. The zero-order valence-electron chi connectivity index (χ0n) is 17.2. The van der Waals surface area contributed by atoms with Gasteiger partial charge in [0.25, 0.3) is 5.56 Å². The van der Waals surface area contributed by atoms with Gasteiger partial charge in [-0.15, -0.1) is 0 Å². The monoisotopic (exact) mass is 542 g/mol. The van der Waals surface area contributed by atoms with Crippen molar-refractivity contribution in [3.63, 3.8) is 0 Å². The smallest absolute Gasteiger partial charge is 0.387 e. The summed E-state index contributed by atoms with van der Waals surface area (Å²) in [6, 6.07) is 7.84. The third kappa shape index (κ3) is 6.72. The van der Waals surface area contributed by atoms with Crippen molar-refractivity contribution in [1.29, 1.82) is 0 Å². The number of aliphatic hydroxyl groups is 2. The van der Waals surface area contributed by atoms with Crippen LogP contribution in [0, 0.1) is 0 Å². The molecule has 1 saturated heterocycles. The van der Waals surface area contributed by atoms with E-state index in [2.05, 4.69) is 8.83 Å². The van der Waals surface area contributed by atoms with Crippen molar-refractivity contribution in [3.05, 3.63) is 68.0 Å². The molecule has 1 fully saturated rings. The molecule has 5 N–H and O–H groups in total. The lowest BCUT2D eigenvalue weighted by atomic mass is 10.1. The lowest BCUT2D eigenvalue weighted by Gasteiger charge is -2.19. The van der Waals surface area contributed by atoms with Crippen molar-refractivity contribution in [2.24, 2.45) is 0 Å². The summed E-state index contributed by atoms with van der Waals surface area (Å²) in [5.41, 5.74) is -0.655. The number of hydrogen-bond donors (Lipinski definition) is 5. The van der Waals surface area contributed by atoms with Crippen molar-refractivity contribution in [2.75, 3.05) is 6.61 Å². The molecule has 1 aromatic heterocycles. The molecule has 34 heavy (non-hydrogen) atoms. The van der Waals surface area contributed by atoms with E-state index < -0.39 is 58.0 Å². The van der Waals surface area contributed by atoms with Crippen molar-refractivity contribution >= 4 is 27.2 Å². The van der Waals surface area contributed by atoms with Crippen LogP contribution in [0.25, 0.3) is 0 Å². The van der Waals surface area contributed by atoms with Gasteiger partial charge in [0.2, 0.25) is 0 Å². The molecular formula is C17H21ClN2O12P2. The SMILES string of the molecule is O=c1ccn([C@@H]2O[C@H](COP(=O)(O)OP(=O)(O)O)[C@H](O)C2O)c(=O)n1CCc1ccc(Cl)cc1. The minimum Gasteiger partial charge on any atom is -0.387 e. The topological polar surface area (TPSA) is 207 Å². The Kier molecular flexibility index (Phi) is 8.33. The van der Waals surface area contributed by atoms with Crippen LogP contribution in [0.1, 0.15) is 11.8 Å². The Hall–Kier alpha value is -1.67. The summed E-state index contributed by atoms with van der Waals surface area (Å²) in [5, 5.41) is 21.1. The number of aromatic nitrogens is 2. The van der Waals surface area contributed by atoms with E-state index in [1.807, 2.05) is 0 Å². The molecule has 3 rings (SSSR count). The van der Waals surface area contributed by atoms with Crippen LogP contribution in [-0.4, -0.2) is 58.9 Å². The molecular weight excluding hydrogens is 522 g/mol. The van der Waals surface area contributed by atoms with E-state index in [4.69, 9.17) is 26.1 Å². The van der Waals surface area contributed by atoms with Crippen LogP contribution >= 0.6 is 27.2 Å². The van der Waals surface area contributed by atoms with Gasteiger partial charge in [-0.25, -0.2) is 13.9 Å². The van der Waals surface area contributed by atoms with E-state index >= 15 is 0 Å².